The van der Waals surface area contributed by atoms with Crippen molar-refractivity contribution in [3.05, 3.63) is 42.7 Å². The van der Waals surface area contributed by atoms with Crippen molar-refractivity contribution in [2.24, 2.45) is 0 Å². The fourth-order valence-corrected chi connectivity index (χ4v) is 2.29. The average Bonchev–Trinajstić information content (AvgIpc) is 2.63. The molecule has 2 N–H and O–H groups in total. The van der Waals surface area contributed by atoms with E-state index in [1.54, 1.807) is 0 Å². The minimum absolute atomic E-state index is 0.597. The van der Waals surface area contributed by atoms with Gasteiger partial charge in [0.2, 0.25) is 5.88 Å². The van der Waals surface area contributed by atoms with Gasteiger partial charge in [0.25, 0.3) is 0 Å². The Balaban J connectivity index is 0.000000753. The molecule has 6 heteroatoms. The molecule has 0 saturated carbocycles. The highest BCUT2D eigenvalue weighted by Gasteiger charge is 2.15. The molecule has 0 aliphatic carbocycles. The van der Waals surface area contributed by atoms with Gasteiger partial charge in [0, 0.05) is 12.2 Å². The van der Waals surface area contributed by atoms with Gasteiger partial charge in [-0.3, -0.25) is 0 Å². The molecule has 6 nitrogen and oxygen atoms in total. The molecule has 2 aromatic heterocycles. The number of hydrogen-bond donors (Lipinski definition) is 2. The number of nitrogens with zero attached hydrogens (tertiary/aromatic N) is 3. The summed E-state index contributed by atoms with van der Waals surface area (Å²) in [4.78, 5) is 13.1. The number of para-hydroxylation sites is 1. The van der Waals surface area contributed by atoms with E-state index in [2.05, 4.69) is 25.6 Å². The largest absolute Gasteiger partial charge is 0.474 e. The minimum atomic E-state index is 0.597. The summed E-state index contributed by atoms with van der Waals surface area (Å²) in [6.07, 6.45) is 1.53. The molecule has 0 spiro atoms. The summed E-state index contributed by atoms with van der Waals surface area (Å²) >= 11 is 0. The standard InChI is InChI=1S/C15H13N5O.C2H6/c1-2-4-10(5-3-1)19-14-13-11(17-9-18-14)8-12-15(20-13)21-7-6-16-12;1-2/h1-5,8-9,16H,6-7H2,(H,17,18,19);1-2H3. The summed E-state index contributed by atoms with van der Waals surface area (Å²) in [6, 6.07) is 11.8. The first-order chi connectivity index (χ1) is 11.4. The van der Waals surface area contributed by atoms with E-state index >= 15 is 0 Å². The zero-order chi connectivity index (χ0) is 16.1. The number of fused-ring (bicyclic) bond motifs is 2. The van der Waals surface area contributed by atoms with Crippen LogP contribution in [0.5, 0.6) is 5.88 Å². The summed E-state index contributed by atoms with van der Waals surface area (Å²) in [5.74, 6) is 1.27. The molecule has 4 rings (SSSR count). The van der Waals surface area contributed by atoms with E-state index in [-0.39, 0.29) is 0 Å². The van der Waals surface area contributed by atoms with Crippen LogP contribution in [0, 0.1) is 0 Å². The second-order valence-electron chi connectivity index (χ2n) is 4.70. The molecule has 3 heterocycles. The topological polar surface area (TPSA) is 72.0 Å². The van der Waals surface area contributed by atoms with Gasteiger partial charge in [-0.25, -0.2) is 15.0 Å². The Bertz CT molecular complexity index is 792. The second kappa shape index (κ2) is 6.91. The van der Waals surface area contributed by atoms with Crippen LogP contribution >= 0.6 is 0 Å². The van der Waals surface area contributed by atoms with Gasteiger partial charge in [0.15, 0.2) is 5.82 Å². The highest BCUT2D eigenvalue weighted by Crippen LogP contribution is 2.31. The maximum Gasteiger partial charge on any atom is 0.238 e. The van der Waals surface area contributed by atoms with Gasteiger partial charge >= 0.3 is 0 Å². The number of rotatable bonds is 2. The first-order valence-electron chi connectivity index (χ1n) is 7.75. The SMILES string of the molecule is CC.c1ccc(Nc2ncnc3cc4c(nc23)OCCN4)cc1. The van der Waals surface area contributed by atoms with E-state index < -0.39 is 0 Å². The second-order valence-corrected chi connectivity index (χ2v) is 4.70. The zero-order valence-electron chi connectivity index (χ0n) is 13.2. The molecule has 3 aromatic rings. The third kappa shape index (κ3) is 3.15. The summed E-state index contributed by atoms with van der Waals surface area (Å²) < 4.78 is 5.58. The van der Waals surface area contributed by atoms with E-state index in [4.69, 9.17) is 4.74 Å². The van der Waals surface area contributed by atoms with Crippen LogP contribution in [0.25, 0.3) is 11.0 Å². The molecule has 0 radical (unpaired) electrons. The van der Waals surface area contributed by atoms with Crippen LogP contribution in [0.4, 0.5) is 17.2 Å². The van der Waals surface area contributed by atoms with Gasteiger partial charge in [-0.1, -0.05) is 32.0 Å². The molecular formula is C17H19N5O. The van der Waals surface area contributed by atoms with E-state index in [1.165, 1.54) is 6.33 Å². The van der Waals surface area contributed by atoms with E-state index in [9.17, 15) is 0 Å². The summed E-state index contributed by atoms with van der Waals surface area (Å²) in [6.45, 7) is 5.39. The van der Waals surface area contributed by atoms with Crippen molar-refractivity contribution >= 4 is 28.2 Å². The fourth-order valence-electron chi connectivity index (χ4n) is 2.29. The molecule has 1 aliphatic rings. The minimum Gasteiger partial charge on any atom is -0.474 e. The normalized spacial score (nSPS) is 12.3. The third-order valence-electron chi connectivity index (χ3n) is 3.27. The number of aromatic nitrogens is 3. The van der Waals surface area contributed by atoms with Crippen LogP contribution in [0.15, 0.2) is 42.7 Å². The summed E-state index contributed by atoms with van der Waals surface area (Å²) in [5.41, 5.74) is 3.30. The van der Waals surface area contributed by atoms with Gasteiger partial charge < -0.3 is 15.4 Å². The highest BCUT2D eigenvalue weighted by atomic mass is 16.5. The number of hydrogen-bond acceptors (Lipinski definition) is 6. The molecule has 0 bridgehead atoms. The van der Waals surface area contributed by atoms with Crippen LogP contribution in [0.3, 0.4) is 0 Å². The lowest BCUT2D eigenvalue weighted by Crippen LogP contribution is -2.19. The predicted octanol–water partition coefficient (Wildman–Crippen LogP) is 3.60. The van der Waals surface area contributed by atoms with Crippen molar-refractivity contribution in [2.45, 2.75) is 13.8 Å². The maximum atomic E-state index is 5.58. The Kier molecular flexibility index (Phi) is 4.52. The quantitative estimate of drug-likeness (QED) is 0.753. The number of benzene rings is 1. The molecule has 118 valence electrons. The van der Waals surface area contributed by atoms with Crippen LogP contribution in [-0.4, -0.2) is 28.1 Å². The van der Waals surface area contributed by atoms with Crippen LogP contribution in [0.2, 0.25) is 0 Å². The van der Waals surface area contributed by atoms with Crippen LogP contribution < -0.4 is 15.4 Å². The molecule has 1 aliphatic heterocycles. The molecular weight excluding hydrogens is 290 g/mol. The lowest BCUT2D eigenvalue weighted by Gasteiger charge is -2.18. The van der Waals surface area contributed by atoms with Gasteiger partial charge in [-0.15, -0.1) is 0 Å². The van der Waals surface area contributed by atoms with E-state index in [0.717, 1.165) is 23.4 Å². The molecule has 0 fully saturated rings. The van der Waals surface area contributed by atoms with Gasteiger partial charge in [-0.05, 0) is 18.2 Å². The third-order valence-corrected chi connectivity index (χ3v) is 3.27. The Morgan fingerprint density at radius 3 is 2.78 bits per heavy atom. The fraction of sp³-hybridized carbons (Fsp3) is 0.235. The van der Waals surface area contributed by atoms with Gasteiger partial charge in [0.05, 0.1) is 11.2 Å². The number of ether oxygens (including phenoxy) is 1. The Morgan fingerprint density at radius 2 is 1.96 bits per heavy atom. The molecule has 0 amide bonds. The molecule has 23 heavy (non-hydrogen) atoms. The number of nitrogens with one attached hydrogen (secondary N) is 2. The smallest absolute Gasteiger partial charge is 0.238 e. The predicted molar refractivity (Wildman–Crippen MR) is 92.4 cm³/mol. The Hall–Kier alpha value is -2.89. The zero-order valence-corrected chi connectivity index (χ0v) is 13.2. The first kappa shape index (κ1) is 15.0. The summed E-state index contributed by atoms with van der Waals surface area (Å²) in [7, 11) is 0. The summed E-state index contributed by atoms with van der Waals surface area (Å²) in [5, 5.41) is 6.52. The van der Waals surface area contributed by atoms with E-state index in [1.807, 2.05) is 50.2 Å². The van der Waals surface area contributed by atoms with Gasteiger partial charge in [0.1, 0.15) is 18.5 Å². The number of anilines is 3. The molecule has 0 saturated heterocycles. The van der Waals surface area contributed by atoms with Crippen molar-refractivity contribution in [1.82, 2.24) is 15.0 Å². The number of pyridine rings is 1. The maximum absolute atomic E-state index is 5.58. The highest BCUT2D eigenvalue weighted by molar-refractivity contribution is 5.90. The first-order valence-corrected chi connectivity index (χ1v) is 7.75. The Labute approximate surface area is 135 Å². The average molecular weight is 309 g/mol. The lowest BCUT2D eigenvalue weighted by atomic mass is 10.2. The molecule has 0 unspecified atom stereocenters. The van der Waals surface area contributed by atoms with Crippen molar-refractivity contribution < 1.29 is 4.74 Å². The van der Waals surface area contributed by atoms with Gasteiger partial charge in [-0.2, -0.15) is 0 Å². The lowest BCUT2D eigenvalue weighted by molar-refractivity contribution is 0.311. The van der Waals surface area contributed by atoms with Crippen LogP contribution in [-0.2, 0) is 0 Å². The Morgan fingerprint density at radius 1 is 1.13 bits per heavy atom. The van der Waals surface area contributed by atoms with Crippen molar-refractivity contribution in [1.29, 1.82) is 0 Å². The van der Waals surface area contributed by atoms with E-state index in [0.29, 0.717) is 23.8 Å². The van der Waals surface area contributed by atoms with Crippen molar-refractivity contribution in [2.75, 3.05) is 23.8 Å². The van der Waals surface area contributed by atoms with Crippen LogP contribution in [0.1, 0.15) is 13.8 Å². The molecule has 0 atom stereocenters. The monoisotopic (exact) mass is 309 g/mol. The van der Waals surface area contributed by atoms with Crippen molar-refractivity contribution in [3.8, 4) is 5.88 Å². The molecule has 1 aromatic carbocycles. The van der Waals surface area contributed by atoms with Crippen molar-refractivity contribution in [3.63, 3.8) is 0 Å².